The molecule has 94 valence electrons. The number of rotatable bonds is 1. The van der Waals surface area contributed by atoms with E-state index < -0.39 is 0 Å². The molecule has 6 nitrogen and oxygen atoms in total. The number of piperazine rings is 1. The highest BCUT2D eigenvalue weighted by atomic mass is 16.2. The molecule has 0 atom stereocenters. The third-order valence-electron chi connectivity index (χ3n) is 3.22. The van der Waals surface area contributed by atoms with Crippen LogP contribution in [0.5, 0.6) is 0 Å². The Morgan fingerprint density at radius 2 is 2.06 bits per heavy atom. The number of nitrogens with one attached hydrogen (secondary N) is 1. The van der Waals surface area contributed by atoms with E-state index >= 15 is 0 Å². The van der Waals surface area contributed by atoms with Crippen molar-refractivity contribution in [3.05, 3.63) is 29.7 Å². The van der Waals surface area contributed by atoms with Crippen LogP contribution in [0, 0.1) is 6.92 Å². The molecule has 1 amide bonds. The van der Waals surface area contributed by atoms with Crippen LogP contribution >= 0.6 is 0 Å². The summed E-state index contributed by atoms with van der Waals surface area (Å²) >= 11 is 0. The van der Waals surface area contributed by atoms with Crippen molar-refractivity contribution in [2.24, 2.45) is 0 Å². The molecular weight excluding hydrogens is 230 g/mol. The predicted molar refractivity (Wildman–Crippen MR) is 66.5 cm³/mol. The van der Waals surface area contributed by atoms with Gasteiger partial charge in [0.1, 0.15) is 5.82 Å². The second-order valence-corrected chi connectivity index (χ2v) is 4.44. The van der Waals surface area contributed by atoms with Gasteiger partial charge in [-0.15, -0.1) is 10.2 Å². The number of pyridine rings is 1. The Morgan fingerprint density at radius 3 is 2.83 bits per heavy atom. The average molecular weight is 245 g/mol. The molecule has 0 radical (unpaired) electrons. The predicted octanol–water partition coefficient (Wildman–Crippen LogP) is 0.0831. The quantitative estimate of drug-likeness (QED) is 0.773. The average Bonchev–Trinajstić information content (AvgIpc) is 2.80. The largest absolute Gasteiger partial charge is 0.336 e. The summed E-state index contributed by atoms with van der Waals surface area (Å²) in [7, 11) is 0. The molecule has 2 aromatic rings. The molecule has 18 heavy (non-hydrogen) atoms. The molecular formula is C12H15N5O. The second-order valence-electron chi connectivity index (χ2n) is 4.44. The first kappa shape index (κ1) is 11.2. The Kier molecular flexibility index (Phi) is 2.71. The molecule has 1 aliphatic heterocycles. The Labute approximate surface area is 105 Å². The Morgan fingerprint density at radius 1 is 1.28 bits per heavy atom. The topological polar surface area (TPSA) is 62.5 Å². The summed E-state index contributed by atoms with van der Waals surface area (Å²) in [6.07, 6.45) is 1.81. The van der Waals surface area contributed by atoms with Gasteiger partial charge in [-0.25, -0.2) is 0 Å². The minimum Gasteiger partial charge on any atom is -0.336 e. The lowest BCUT2D eigenvalue weighted by atomic mass is 10.2. The van der Waals surface area contributed by atoms with Crippen molar-refractivity contribution >= 4 is 11.6 Å². The molecule has 0 aliphatic carbocycles. The molecule has 0 unspecified atom stereocenters. The maximum absolute atomic E-state index is 12.3. The van der Waals surface area contributed by atoms with Crippen LogP contribution in [0.4, 0.5) is 0 Å². The van der Waals surface area contributed by atoms with Crippen molar-refractivity contribution in [1.29, 1.82) is 0 Å². The Hall–Kier alpha value is -1.95. The number of carbonyl (C=O) groups is 1. The first-order valence-corrected chi connectivity index (χ1v) is 6.07. The molecule has 2 aromatic heterocycles. The third kappa shape index (κ3) is 1.84. The SMILES string of the molecule is Cc1nnc2ccc(C(=O)N3CCNCC3)cn12. The van der Waals surface area contributed by atoms with Gasteiger partial charge < -0.3 is 10.2 Å². The molecule has 3 rings (SSSR count). The zero-order valence-electron chi connectivity index (χ0n) is 10.3. The van der Waals surface area contributed by atoms with Gasteiger partial charge in [0.2, 0.25) is 0 Å². The zero-order valence-corrected chi connectivity index (χ0v) is 10.3. The summed E-state index contributed by atoms with van der Waals surface area (Å²) in [4.78, 5) is 14.2. The number of aryl methyl sites for hydroxylation is 1. The summed E-state index contributed by atoms with van der Waals surface area (Å²) < 4.78 is 1.84. The van der Waals surface area contributed by atoms with Crippen LogP contribution in [-0.2, 0) is 0 Å². The fraction of sp³-hybridized carbons (Fsp3) is 0.417. The van der Waals surface area contributed by atoms with Crippen LogP contribution in [-0.4, -0.2) is 51.6 Å². The van der Waals surface area contributed by atoms with Gasteiger partial charge in [-0.3, -0.25) is 9.20 Å². The number of fused-ring (bicyclic) bond motifs is 1. The molecule has 6 heteroatoms. The van der Waals surface area contributed by atoms with E-state index in [-0.39, 0.29) is 5.91 Å². The minimum atomic E-state index is 0.0755. The number of hydrogen-bond acceptors (Lipinski definition) is 4. The van der Waals surface area contributed by atoms with Gasteiger partial charge in [0.25, 0.3) is 5.91 Å². The van der Waals surface area contributed by atoms with Gasteiger partial charge >= 0.3 is 0 Å². The van der Waals surface area contributed by atoms with Gasteiger partial charge in [0.15, 0.2) is 5.65 Å². The van der Waals surface area contributed by atoms with Crippen LogP contribution in [0.3, 0.4) is 0 Å². The fourth-order valence-electron chi connectivity index (χ4n) is 2.18. The van der Waals surface area contributed by atoms with E-state index in [0.29, 0.717) is 5.56 Å². The van der Waals surface area contributed by atoms with Crippen LogP contribution < -0.4 is 5.32 Å². The van der Waals surface area contributed by atoms with Gasteiger partial charge in [-0.2, -0.15) is 0 Å². The highest BCUT2D eigenvalue weighted by molar-refractivity contribution is 5.94. The smallest absolute Gasteiger partial charge is 0.255 e. The van der Waals surface area contributed by atoms with E-state index in [2.05, 4.69) is 15.5 Å². The summed E-state index contributed by atoms with van der Waals surface area (Å²) in [6.45, 7) is 5.12. The van der Waals surface area contributed by atoms with E-state index in [1.807, 2.05) is 34.6 Å². The van der Waals surface area contributed by atoms with Crippen LogP contribution in [0.2, 0.25) is 0 Å². The molecule has 0 spiro atoms. The maximum Gasteiger partial charge on any atom is 0.255 e. The fourth-order valence-corrected chi connectivity index (χ4v) is 2.18. The van der Waals surface area contributed by atoms with Crippen molar-refractivity contribution in [3.63, 3.8) is 0 Å². The molecule has 1 N–H and O–H groups in total. The number of carbonyl (C=O) groups excluding carboxylic acids is 1. The number of hydrogen-bond donors (Lipinski definition) is 1. The van der Waals surface area contributed by atoms with Gasteiger partial charge in [0.05, 0.1) is 5.56 Å². The molecule has 3 heterocycles. The summed E-state index contributed by atoms with van der Waals surface area (Å²) in [5.74, 6) is 0.867. The third-order valence-corrected chi connectivity index (χ3v) is 3.22. The second kappa shape index (κ2) is 4.38. The van der Waals surface area contributed by atoms with Gasteiger partial charge in [-0.1, -0.05) is 0 Å². The van der Waals surface area contributed by atoms with Crippen molar-refractivity contribution in [2.75, 3.05) is 26.2 Å². The zero-order chi connectivity index (χ0) is 12.5. The van der Waals surface area contributed by atoms with Gasteiger partial charge in [0, 0.05) is 32.4 Å². The highest BCUT2D eigenvalue weighted by Crippen LogP contribution is 2.09. The van der Waals surface area contributed by atoms with Gasteiger partial charge in [-0.05, 0) is 19.1 Å². The van der Waals surface area contributed by atoms with Crippen molar-refractivity contribution < 1.29 is 4.79 Å². The Balaban J connectivity index is 1.93. The lowest BCUT2D eigenvalue weighted by Crippen LogP contribution is -2.46. The van der Waals surface area contributed by atoms with Crippen LogP contribution in [0.1, 0.15) is 16.2 Å². The molecule has 1 aliphatic rings. The summed E-state index contributed by atoms with van der Waals surface area (Å²) in [5.41, 5.74) is 1.46. The number of nitrogens with zero attached hydrogens (tertiary/aromatic N) is 4. The number of aromatic nitrogens is 3. The monoisotopic (exact) mass is 245 g/mol. The van der Waals surface area contributed by atoms with Crippen molar-refractivity contribution in [1.82, 2.24) is 24.8 Å². The Bertz CT molecular complexity index is 585. The molecule has 0 bridgehead atoms. The lowest BCUT2D eigenvalue weighted by Gasteiger charge is -2.27. The normalized spacial score (nSPS) is 16.2. The van der Waals surface area contributed by atoms with Crippen molar-refractivity contribution in [2.45, 2.75) is 6.92 Å². The molecule has 0 saturated carbocycles. The first-order chi connectivity index (χ1) is 8.75. The van der Waals surface area contributed by atoms with E-state index in [1.165, 1.54) is 0 Å². The highest BCUT2D eigenvalue weighted by Gasteiger charge is 2.18. The van der Waals surface area contributed by atoms with E-state index in [9.17, 15) is 4.79 Å². The lowest BCUT2D eigenvalue weighted by molar-refractivity contribution is 0.0735. The minimum absolute atomic E-state index is 0.0755. The van der Waals surface area contributed by atoms with Crippen molar-refractivity contribution in [3.8, 4) is 0 Å². The van der Waals surface area contributed by atoms with E-state index in [0.717, 1.165) is 37.7 Å². The standard InChI is InChI=1S/C12H15N5O/c1-9-14-15-11-3-2-10(8-17(9)11)12(18)16-6-4-13-5-7-16/h2-3,8,13H,4-7H2,1H3. The van der Waals surface area contributed by atoms with Crippen LogP contribution in [0.25, 0.3) is 5.65 Å². The molecule has 1 fully saturated rings. The maximum atomic E-state index is 12.3. The van der Waals surface area contributed by atoms with Crippen LogP contribution in [0.15, 0.2) is 18.3 Å². The number of amides is 1. The van der Waals surface area contributed by atoms with E-state index in [1.54, 1.807) is 0 Å². The summed E-state index contributed by atoms with van der Waals surface area (Å²) in [5, 5.41) is 11.2. The van der Waals surface area contributed by atoms with E-state index in [4.69, 9.17) is 0 Å². The summed E-state index contributed by atoms with van der Waals surface area (Å²) in [6, 6.07) is 3.64. The molecule has 1 saturated heterocycles. The molecule has 0 aromatic carbocycles. The first-order valence-electron chi connectivity index (χ1n) is 6.07.